The van der Waals surface area contributed by atoms with E-state index in [1.807, 2.05) is 18.2 Å². The molecule has 3 heterocycles. The highest BCUT2D eigenvalue weighted by Gasteiger charge is 2.28. The summed E-state index contributed by atoms with van der Waals surface area (Å²) >= 11 is 0. The number of benzene rings is 2. The summed E-state index contributed by atoms with van der Waals surface area (Å²) in [6.45, 7) is 1.34. The number of hydrogen-bond donors (Lipinski definition) is 0. The van der Waals surface area contributed by atoms with Crippen molar-refractivity contribution in [2.24, 2.45) is 0 Å². The Morgan fingerprint density at radius 1 is 1.16 bits per heavy atom. The Labute approximate surface area is 177 Å². The van der Waals surface area contributed by atoms with Crippen molar-refractivity contribution in [3.8, 4) is 34.3 Å². The Hall–Kier alpha value is -3.75. The molecule has 0 saturated carbocycles. The van der Waals surface area contributed by atoms with Gasteiger partial charge in [0.05, 0.1) is 31.3 Å². The highest BCUT2D eigenvalue weighted by Crippen LogP contribution is 2.41. The van der Waals surface area contributed by atoms with Gasteiger partial charge in [-0.05, 0) is 35.2 Å². The third-order valence-electron chi connectivity index (χ3n) is 5.53. The summed E-state index contributed by atoms with van der Waals surface area (Å²) in [6, 6.07) is 10.1. The Morgan fingerprint density at radius 3 is 2.81 bits per heavy atom. The summed E-state index contributed by atoms with van der Waals surface area (Å²) in [5.74, 6) is 2.80. The summed E-state index contributed by atoms with van der Waals surface area (Å²) in [4.78, 5) is 14.7. The summed E-state index contributed by atoms with van der Waals surface area (Å²) in [5.41, 5.74) is 3.47. The predicted octanol–water partition coefficient (Wildman–Crippen LogP) is 3.06. The maximum atomic E-state index is 10.3. The standard InChI is InChI=1S/C22H21N2O7/c1-27-19-4-3-14-9-18-16-11-21-20(29-13-30-21)10-15(16)5-6-23(18)12-17(14)22(19)28-7-2-8-31-24(25)26/h3-4,9-12H,2,5-8,13H2,1H3/q+1. The third kappa shape index (κ3) is 3.52. The normalized spacial score (nSPS) is 13.5. The zero-order chi connectivity index (χ0) is 21.4. The molecule has 2 aliphatic rings. The number of aromatic nitrogens is 1. The molecular formula is C22H21N2O7+. The van der Waals surface area contributed by atoms with Crippen molar-refractivity contribution in [2.75, 3.05) is 27.1 Å². The van der Waals surface area contributed by atoms with Gasteiger partial charge in [-0.3, -0.25) is 0 Å². The van der Waals surface area contributed by atoms with Crippen LogP contribution in [0.2, 0.25) is 0 Å². The maximum absolute atomic E-state index is 10.3. The van der Waals surface area contributed by atoms with Crippen molar-refractivity contribution in [3.05, 3.63) is 52.2 Å². The molecule has 0 saturated heterocycles. The van der Waals surface area contributed by atoms with E-state index in [2.05, 4.69) is 27.7 Å². The van der Waals surface area contributed by atoms with Gasteiger partial charge in [-0.15, -0.1) is 10.1 Å². The lowest BCUT2D eigenvalue weighted by molar-refractivity contribution is -0.757. The first kappa shape index (κ1) is 19.2. The maximum Gasteiger partial charge on any atom is 0.294 e. The van der Waals surface area contributed by atoms with Gasteiger partial charge in [-0.1, -0.05) is 0 Å². The van der Waals surface area contributed by atoms with Crippen LogP contribution in [0.5, 0.6) is 23.0 Å². The monoisotopic (exact) mass is 425 g/mol. The molecule has 0 aliphatic carbocycles. The lowest BCUT2D eigenvalue weighted by atomic mass is 9.95. The predicted molar refractivity (Wildman–Crippen MR) is 109 cm³/mol. The molecule has 9 heteroatoms. The van der Waals surface area contributed by atoms with Gasteiger partial charge in [0.25, 0.3) is 5.09 Å². The molecule has 9 nitrogen and oxygen atoms in total. The molecule has 0 unspecified atom stereocenters. The van der Waals surface area contributed by atoms with Gasteiger partial charge in [0.15, 0.2) is 35.7 Å². The molecule has 2 aliphatic heterocycles. The minimum absolute atomic E-state index is 0.0167. The zero-order valence-corrected chi connectivity index (χ0v) is 17.0. The number of hydrogen-bond acceptors (Lipinski definition) is 7. The molecule has 160 valence electrons. The van der Waals surface area contributed by atoms with Gasteiger partial charge in [0, 0.05) is 18.9 Å². The summed E-state index contributed by atoms with van der Waals surface area (Å²) in [6.07, 6.45) is 3.34. The third-order valence-corrected chi connectivity index (χ3v) is 5.53. The number of fused-ring (bicyclic) bond motifs is 5. The van der Waals surface area contributed by atoms with Crippen molar-refractivity contribution < 1.29 is 33.4 Å². The Bertz CT molecular complexity index is 1180. The smallest absolute Gasteiger partial charge is 0.294 e. The van der Waals surface area contributed by atoms with Gasteiger partial charge in [0.1, 0.15) is 0 Å². The number of nitrogens with zero attached hydrogens (tertiary/aromatic N) is 2. The second-order valence-electron chi connectivity index (χ2n) is 7.32. The highest BCUT2D eigenvalue weighted by molar-refractivity contribution is 5.91. The van der Waals surface area contributed by atoms with Crippen LogP contribution in [-0.2, 0) is 17.8 Å². The molecule has 0 atom stereocenters. The summed E-state index contributed by atoms with van der Waals surface area (Å²) in [5, 5.41) is 11.4. The largest absolute Gasteiger partial charge is 0.493 e. The highest BCUT2D eigenvalue weighted by atomic mass is 16.9. The average Bonchev–Trinajstić information content (AvgIpc) is 3.23. The molecular weight excluding hydrogens is 404 g/mol. The SMILES string of the molecule is COc1ccc2cc3[n+](cc2c1OCCCO[N+](=O)[O-])CCc1cc2c(cc1-3)OCO2. The van der Waals surface area contributed by atoms with Crippen LogP contribution in [-0.4, -0.2) is 32.2 Å². The fourth-order valence-electron chi connectivity index (χ4n) is 4.08. The number of pyridine rings is 1. The van der Waals surface area contributed by atoms with Gasteiger partial charge < -0.3 is 23.8 Å². The molecule has 0 spiro atoms. The number of rotatable bonds is 7. The second kappa shape index (κ2) is 7.82. The fraction of sp³-hybridized carbons (Fsp3) is 0.318. The average molecular weight is 425 g/mol. The minimum atomic E-state index is -0.800. The van der Waals surface area contributed by atoms with Gasteiger partial charge >= 0.3 is 0 Å². The van der Waals surface area contributed by atoms with Crippen LogP contribution in [0.4, 0.5) is 0 Å². The Morgan fingerprint density at radius 2 is 2.00 bits per heavy atom. The lowest BCUT2D eigenvalue weighted by Gasteiger charge is -2.18. The molecule has 5 rings (SSSR count). The first-order valence-corrected chi connectivity index (χ1v) is 10.0. The van der Waals surface area contributed by atoms with Crippen LogP contribution in [0.1, 0.15) is 12.0 Å². The Kier molecular flexibility index (Phi) is 4.85. The van der Waals surface area contributed by atoms with E-state index in [9.17, 15) is 10.1 Å². The molecule has 0 N–H and O–H groups in total. The number of methoxy groups -OCH3 is 1. The van der Waals surface area contributed by atoms with Crippen LogP contribution in [0.25, 0.3) is 22.0 Å². The van der Waals surface area contributed by atoms with E-state index in [4.69, 9.17) is 18.9 Å². The van der Waals surface area contributed by atoms with Gasteiger partial charge in [0.2, 0.25) is 12.5 Å². The number of aryl methyl sites for hydroxylation is 2. The first-order chi connectivity index (χ1) is 15.1. The van der Waals surface area contributed by atoms with Crippen LogP contribution in [0.15, 0.2) is 36.5 Å². The molecule has 0 amide bonds. The van der Waals surface area contributed by atoms with Crippen LogP contribution >= 0.6 is 0 Å². The molecule has 1 aromatic heterocycles. The minimum Gasteiger partial charge on any atom is -0.493 e. The van der Waals surface area contributed by atoms with E-state index >= 15 is 0 Å². The molecule has 0 fully saturated rings. The second-order valence-corrected chi connectivity index (χ2v) is 7.32. The molecule has 2 aromatic carbocycles. The fourth-order valence-corrected chi connectivity index (χ4v) is 4.08. The van der Waals surface area contributed by atoms with Crippen LogP contribution in [0, 0.1) is 10.1 Å². The van der Waals surface area contributed by atoms with E-state index in [1.165, 1.54) is 5.56 Å². The quantitative estimate of drug-likeness (QED) is 0.249. The van der Waals surface area contributed by atoms with Crippen LogP contribution in [0.3, 0.4) is 0 Å². The van der Waals surface area contributed by atoms with E-state index < -0.39 is 5.09 Å². The summed E-state index contributed by atoms with van der Waals surface area (Å²) in [7, 11) is 1.59. The molecule has 0 radical (unpaired) electrons. The zero-order valence-electron chi connectivity index (χ0n) is 17.0. The molecule has 31 heavy (non-hydrogen) atoms. The van der Waals surface area contributed by atoms with Gasteiger partial charge in [-0.25, -0.2) is 0 Å². The first-order valence-electron chi connectivity index (χ1n) is 10.0. The van der Waals surface area contributed by atoms with Crippen LogP contribution < -0.4 is 23.5 Å². The number of ether oxygens (including phenoxy) is 4. The molecule has 3 aromatic rings. The topological polar surface area (TPSA) is 93.2 Å². The van der Waals surface area contributed by atoms with E-state index in [1.54, 1.807) is 7.11 Å². The van der Waals surface area contributed by atoms with E-state index in [0.717, 1.165) is 46.5 Å². The molecule has 0 bridgehead atoms. The van der Waals surface area contributed by atoms with Crippen molar-refractivity contribution >= 4 is 10.8 Å². The van der Waals surface area contributed by atoms with Crippen molar-refractivity contribution in [1.82, 2.24) is 0 Å². The van der Waals surface area contributed by atoms with Crippen molar-refractivity contribution in [3.63, 3.8) is 0 Å². The summed E-state index contributed by atoms with van der Waals surface area (Å²) < 4.78 is 24.8. The van der Waals surface area contributed by atoms with Gasteiger partial charge in [-0.2, -0.15) is 4.57 Å². The van der Waals surface area contributed by atoms with E-state index in [0.29, 0.717) is 17.9 Å². The van der Waals surface area contributed by atoms with E-state index in [-0.39, 0.29) is 20.0 Å². The lowest BCUT2D eigenvalue weighted by Crippen LogP contribution is -2.40. The Balaban J connectivity index is 1.51. The van der Waals surface area contributed by atoms with Crippen molar-refractivity contribution in [2.45, 2.75) is 19.4 Å². The van der Waals surface area contributed by atoms with Crippen molar-refractivity contribution in [1.29, 1.82) is 0 Å².